The van der Waals surface area contributed by atoms with Crippen LogP contribution >= 0.6 is 0 Å². The lowest BCUT2D eigenvalue weighted by Crippen LogP contribution is -2.23. The lowest BCUT2D eigenvalue weighted by molar-refractivity contribution is -0.119. The summed E-state index contributed by atoms with van der Waals surface area (Å²) in [5, 5.41) is 6.17. The lowest BCUT2D eigenvalue weighted by atomic mass is 10.1. The zero-order chi connectivity index (χ0) is 22.6. The molecule has 2 aromatic rings. The molecule has 0 bridgehead atoms. The van der Waals surface area contributed by atoms with Crippen molar-refractivity contribution in [1.29, 1.82) is 0 Å². The van der Waals surface area contributed by atoms with E-state index in [9.17, 15) is 4.79 Å². The fourth-order valence-electron chi connectivity index (χ4n) is 3.14. The number of hydrogen-bond donors (Lipinski definition) is 2. The van der Waals surface area contributed by atoms with E-state index in [1.807, 2.05) is 67.6 Å². The smallest absolute Gasteiger partial charge is 0.228 e. The van der Waals surface area contributed by atoms with Gasteiger partial charge in [-0.3, -0.25) is 4.79 Å². The summed E-state index contributed by atoms with van der Waals surface area (Å²) in [5.41, 5.74) is 4.36. The summed E-state index contributed by atoms with van der Waals surface area (Å²) in [6.45, 7) is 5.74. The van der Waals surface area contributed by atoms with E-state index < -0.39 is 0 Å². The monoisotopic (exact) mass is 424 g/mol. The molecule has 5 heteroatoms. The molecule has 1 aliphatic carbocycles. The van der Waals surface area contributed by atoms with Gasteiger partial charge in [0.25, 0.3) is 0 Å². The summed E-state index contributed by atoms with van der Waals surface area (Å²) >= 11 is 0. The highest BCUT2D eigenvalue weighted by molar-refractivity contribution is 5.81. The van der Waals surface area contributed by atoms with Crippen LogP contribution < -0.4 is 10.6 Å². The van der Waals surface area contributed by atoms with Gasteiger partial charge in [0, 0.05) is 17.6 Å². The minimum absolute atomic E-state index is 0.0880. The number of hydrogen-bond acceptors (Lipinski definition) is 4. The molecule has 0 saturated carbocycles. The van der Waals surface area contributed by atoms with E-state index in [0.717, 1.165) is 41.1 Å². The third kappa shape index (κ3) is 7.06. The summed E-state index contributed by atoms with van der Waals surface area (Å²) in [7, 11) is 0. The molecule has 162 valence electrons. The summed E-state index contributed by atoms with van der Waals surface area (Å²) < 4.78 is 0. The van der Waals surface area contributed by atoms with Crippen molar-refractivity contribution in [2.24, 2.45) is 0 Å². The van der Waals surface area contributed by atoms with Crippen molar-refractivity contribution in [1.82, 2.24) is 15.3 Å². The number of carbonyl (C=O) groups is 1. The van der Waals surface area contributed by atoms with Crippen LogP contribution in [-0.2, 0) is 11.2 Å². The molecular weight excluding hydrogens is 396 g/mol. The fraction of sp³-hybridized carbons (Fsp3) is 0.148. The third-order valence-electron chi connectivity index (χ3n) is 4.61. The fourth-order valence-corrected chi connectivity index (χ4v) is 3.14. The van der Waals surface area contributed by atoms with Gasteiger partial charge in [0.15, 0.2) is 0 Å². The van der Waals surface area contributed by atoms with E-state index in [1.54, 1.807) is 18.3 Å². The quantitative estimate of drug-likeness (QED) is 0.498. The maximum Gasteiger partial charge on any atom is 0.228 e. The van der Waals surface area contributed by atoms with Gasteiger partial charge in [-0.1, -0.05) is 68.2 Å². The first-order valence-electron chi connectivity index (χ1n) is 10.7. The van der Waals surface area contributed by atoms with Gasteiger partial charge >= 0.3 is 0 Å². The number of anilines is 2. The van der Waals surface area contributed by atoms with Crippen LogP contribution in [0.3, 0.4) is 0 Å². The Balaban J connectivity index is 1.68. The van der Waals surface area contributed by atoms with Crippen LogP contribution in [0.5, 0.6) is 0 Å². The average molecular weight is 425 g/mol. The molecule has 0 saturated heterocycles. The third-order valence-corrected chi connectivity index (χ3v) is 4.61. The Bertz CT molecular complexity index is 1110. The van der Waals surface area contributed by atoms with E-state index in [2.05, 4.69) is 39.3 Å². The number of nitrogens with one attached hydrogen (secondary N) is 2. The maximum absolute atomic E-state index is 12.5. The Morgan fingerprint density at radius 2 is 2.16 bits per heavy atom. The van der Waals surface area contributed by atoms with Crippen LogP contribution in [0.15, 0.2) is 103 Å². The number of nitrogens with zero attached hydrogens (tertiary/aromatic N) is 2. The number of carbonyl (C=O) groups excluding carboxylic acids is 1. The zero-order valence-electron chi connectivity index (χ0n) is 18.3. The molecule has 1 aliphatic rings. The van der Waals surface area contributed by atoms with E-state index in [-0.39, 0.29) is 12.3 Å². The minimum atomic E-state index is -0.0880. The average Bonchev–Trinajstić information content (AvgIpc) is 3.08. The highest BCUT2D eigenvalue weighted by atomic mass is 16.1. The molecule has 1 amide bonds. The van der Waals surface area contributed by atoms with Gasteiger partial charge in [-0.25, -0.2) is 9.97 Å². The second-order valence-electron chi connectivity index (χ2n) is 7.17. The first-order valence-corrected chi connectivity index (χ1v) is 10.7. The Morgan fingerprint density at radius 3 is 3.00 bits per heavy atom. The molecule has 0 aliphatic heterocycles. The van der Waals surface area contributed by atoms with Crippen LogP contribution in [0.2, 0.25) is 0 Å². The highest BCUT2D eigenvalue weighted by Crippen LogP contribution is 2.20. The zero-order valence-corrected chi connectivity index (χ0v) is 18.3. The van der Waals surface area contributed by atoms with Gasteiger partial charge in [-0.2, -0.15) is 0 Å². The van der Waals surface area contributed by atoms with Crippen molar-refractivity contribution < 1.29 is 4.79 Å². The summed E-state index contributed by atoms with van der Waals surface area (Å²) in [5.74, 6) is 0.423. The van der Waals surface area contributed by atoms with Crippen molar-refractivity contribution in [2.45, 2.75) is 26.2 Å². The van der Waals surface area contributed by atoms with Crippen molar-refractivity contribution >= 4 is 23.1 Å². The molecular formula is C27H28N4O. The van der Waals surface area contributed by atoms with E-state index in [0.29, 0.717) is 5.95 Å². The SMILES string of the molecule is C=C/C=C(\C=CCC)NC(=O)Cc1cccc(Nc2nccc(C3=CCC=CC=C3)n2)c1. The summed E-state index contributed by atoms with van der Waals surface area (Å²) in [6.07, 6.45) is 21.4. The molecule has 3 rings (SSSR count). The Labute approximate surface area is 189 Å². The van der Waals surface area contributed by atoms with Crippen LogP contribution in [0.25, 0.3) is 5.57 Å². The second kappa shape index (κ2) is 12.0. The van der Waals surface area contributed by atoms with Crippen LogP contribution in [-0.4, -0.2) is 15.9 Å². The maximum atomic E-state index is 12.5. The molecule has 5 nitrogen and oxygen atoms in total. The van der Waals surface area contributed by atoms with Crippen LogP contribution in [0.4, 0.5) is 11.6 Å². The molecule has 0 spiro atoms. The standard InChI is InChI=1S/C27H28N4O/c1-3-5-15-23(11-4-2)29-26(32)20-21-12-10-16-24(19-21)30-27-28-18-17-25(31-27)22-13-8-6-7-9-14-22/h4-8,10-19H,2-3,9,20H2,1H3,(H,29,32)(H,28,30,31)/b15-5?,23-11+. The lowest BCUT2D eigenvalue weighted by Gasteiger charge is -2.10. The molecule has 1 aromatic heterocycles. The van der Waals surface area contributed by atoms with Crippen molar-refractivity contribution in [2.75, 3.05) is 5.32 Å². The number of aromatic nitrogens is 2. The number of rotatable bonds is 9. The summed E-state index contributed by atoms with van der Waals surface area (Å²) in [4.78, 5) is 21.5. The second-order valence-corrected chi connectivity index (χ2v) is 7.17. The Hall–Kier alpha value is -3.99. The molecule has 1 aromatic carbocycles. The summed E-state index contributed by atoms with van der Waals surface area (Å²) in [6, 6.07) is 9.60. The number of amides is 1. The largest absolute Gasteiger partial charge is 0.326 e. The molecule has 0 atom stereocenters. The molecule has 2 N–H and O–H groups in total. The Kier molecular flexibility index (Phi) is 8.51. The van der Waals surface area contributed by atoms with Gasteiger partial charge in [-0.15, -0.1) is 0 Å². The predicted octanol–water partition coefficient (Wildman–Crippen LogP) is 5.81. The van der Waals surface area contributed by atoms with Gasteiger partial charge < -0.3 is 10.6 Å². The molecule has 1 heterocycles. The Morgan fingerprint density at radius 1 is 1.25 bits per heavy atom. The van der Waals surface area contributed by atoms with Crippen molar-refractivity contribution in [3.05, 3.63) is 115 Å². The van der Waals surface area contributed by atoms with Gasteiger partial charge in [-0.05, 0) is 54.3 Å². The van der Waals surface area contributed by atoms with Gasteiger partial charge in [0.2, 0.25) is 11.9 Å². The normalized spacial score (nSPS) is 13.5. The van der Waals surface area contributed by atoms with Crippen molar-refractivity contribution in [3.8, 4) is 0 Å². The number of benzene rings is 1. The predicted molar refractivity (Wildman–Crippen MR) is 132 cm³/mol. The topological polar surface area (TPSA) is 66.9 Å². The highest BCUT2D eigenvalue weighted by Gasteiger charge is 2.07. The molecule has 32 heavy (non-hydrogen) atoms. The van der Waals surface area contributed by atoms with E-state index in [4.69, 9.17) is 0 Å². The van der Waals surface area contributed by atoms with E-state index >= 15 is 0 Å². The molecule has 0 unspecified atom stereocenters. The first kappa shape index (κ1) is 22.7. The van der Waals surface area contributed by atoms with Crippen LogP contribution in [0, 0.1) is 0 Å². The minimum Gasteiger partial charge on any atom is -0.326 e. The first-order chi connectivity index (χ1) is 15.7. The van der Waals surface area contributed by atoms with Crippen LogP contribution in [0.1, 0.15) is 31.0 Å². The molecule has 0 fully saturated rings. The number of allylic oxidation sites excluding steroid dienone is 10. The molecule has 0 radical (unpaired) electrons. The van der Waals surface area contributed by atoms with E-state index in [1.165, 1.54) is 0 Å². The van der Waals surface area contributed by atoms with Crippen molar-refractivity contribution in [3.63, 3.8) is 0 Å². The van der Waals surface area contributed by atoms with Gasteiger partial charge in [0.05, 0.1) is 12.1 Å². The van der Waals surface area contributed by atoms with Gasteiger partial charge in [0.1, 0.15) is 0 Å².